The molecule has 0 radical (unpaired) electrons. The zero-order chi connectivity index (χ0) is 9.14. The number of benzene rings is 1. The van der Waals surface area contributed by atoms with E-state index in [-0.39, 0.29) is 5.82 Å². The molecule has 0 aliphatic rings. The molecule has 0 saturated carbocycles. The molecule has 0 aromatic heterocycles. The van der Waals surface area contributed by atoms with Crippen LogP contribution in [0.5, 0.6) is 0 Å². The first kappa shape index (κ1) is 9.55. The van der Waals surface area contributed by atoms with Crippen molar-refractivity contribution in [2.24, 2.45) is 0 Å². The van der Waals surface area contributed by atoms with Gasteiger partial charge in [-0.3, -0.25) is 0 Å². The molecule has 66 valence electrons. The predicted molar refractivity (Wildman–Crippen MR) is 48.8 cm³/mol. The van der Waals surface area contributed by atoms with Gasteiger partial charge in [0, 0.05) is 4.90 Å². The molecule has 0 aliphatic carbocycles. The second-order valence-electron chi connectivity index (χ2n) is 2.54. The number of hydrogen-bond donors (Lipinski definition) is 1. The van der Waals surface area contributed by atoms with Crippen molar-refractivity contribution in [2.45, 2.75) is 17.9 Å². The molecule has 3 heteroatoms. The van der Waals surface area contributed by atoms with Gasteiger partial charge in [-0.2, -0.15) is 0 Å². The van der Waals surface area contributed by atoms with Crippen LogP contribution in [0.2, 0.25) is 0 Å². The molecule has 1 aromatic carbocycles. The lowest BCUT2D eigenvalue weighted by Gasteiger charge is -2.09. The van der Waals surface area contributed by atoms with Crippen LogP contribution in [0.3, 0.4) is 0 Å². The van der Waals surface area contributed by atoms with Crippen LogP contribution in [-0.2, 0) is 0 Å². The van der Waals surface area contributed by atoms with Crippen LogP contribution < -0.4 is 0 Å². The van der Waals surface area contributed by atoms with Gasteiger partial charge in [0.2, 0.25) is 0 Å². The Kier molecular flexibility index (Phi) is 3.12. The van der Waals surface area contributed by atoms with Crippen LogP contribution in [0.1, 0.15) is 18.6 Å². The van der Waals surface area contributed by atoms with E-state index in [9.17, 15) is 9.50 Å². The van der Waals surface area contributed by atoms with Gasteiger partial charge in [0.25, 0.3) is 0 Å². The molecule has 0 amide bonds. The second-order valence-corrected chi connectivity index (χ2v) is 3.35. The zero-order valence-electron chi connectivity index (χ0n) is 7.04. The minimum atomic E-state index is -0.608. The van der Waals surface area contributed by atoms with Gasteiger partial charge in [0.15, 0.2) is 0 Å². The van der Waals surface area contributed by atoms with Gasteiger partial charge in [0.05, 0.1) is 6.10 Å². The normalized spacial score (nSPS) is 13.0. The minimum Gasteiger partial charge on any atom is -0.389 e. The number of thioether (sulfide) groups is 1. The van der Waals surface area contributed by atoms with Crippen molar-refractivity contribution in [1.82, 2.24) is 0 Å². The molecule has 0 spiro atoms. The third-order valence-electron chi connectivity index (χ3n) is 1.65. The van der Waals surface area contributed by atoms with Crippen LogP contribution in [0.4, 0.5) is 4.39 Å². The lowest BCUT2D eigenvalue weighted by atomic mass is 10.1. The van der Waals surface area contributed by atoms with Gasteiger partial charge >= 0.3 is 0 Å². The van der Waals surface area contributed by atoms with Gasteiger partial charge in [-0.25, -0.2) is 4.39 Å². The maximum absolute atomic E-state index is 13.1. The van der Waals surface area contributed by atoms with Crippen molar-refractivity contribution in [2.75, 3.05) is 6.26 Å². The molecule has 1 atom stereocenters. The Balaban J connectivity index is 3.18. The minimum absolute atomic E-state index is 0.263. The van der Waals surface area contributed by atoms with Gasteiger partial charge in [0.1, 0.15) is 5.82 Å². The molecule has 1 nitrogen and oxygen atoms in total. The number of aliphatic hydroxyl groups excluding tert-OH is 1. The van der Waals surface area contributed by atoms with Crippen LogP contribution >= 0.6 is 11.8 Å². The van der Waals surface area contributed by atoms with Crippen molar-refractivity contribution in [3.63, 3.8) is 0 Å². The fourth-order valence-electron chi connectivity index (χ4n) is 1.07. The summed E-state index contributed by atoms with van der Waals surface area (Å²) in [5, 5.41) is 9.28. The van der Waals surface area contributed by atoms with Crippen molar-refractivity contribution in [3.8, 4) is 0 Å². The van der Waals surface area contributed by atoms with E-state index >= 15 is 0 Å². The third-order valence-corrected chi connectivity index (χ3v) is 2.49. The summed E-state index contributed by atoms with van der Waals surface area (Å²) in [7, 11) is 0. The van der Waals surface area contributed by atoms with Crippen LogP contribution in [0.25, 0.3) is 0 Å². The highest BCUT2D eigenvalue weighted by atomic mass is 32.2. The highest BCUT2D eigenvalue weighted by Crippen LogP contribution is 2.27. The summed E-state index contributed by atoms with van der Waals surface area (Å²) in [6, 6.07) is 4.74. The van der Waals surface area contributed by atoms with E-state index in [2.05, 4.69) is 0 Å². The largest absolute Gasteiger partial charge is 0.389 e. The predicted octanol–water partition coefficient (Wildman–Crippen LogP) is 2.60. The molecule has 0 bridgehead atoms. The molecular formula is C9H11FOS. The Bertz CT molecular complexity index is 273. The Morgan fingerprint density at radius 2 is 2.17 bits per heavy atom. The first-order valence-corrected chi connectivity index (χ1v) is 4.89. The smallest absolute Gasteiger partial charge is 0.137 e. The molecule has 0 aliphatic heterocycles. The highest BCUT2D eigenvalue weighted by Gasteiger charge is 2.10. The lowest BCUT2D eigenvalue weighted by molar-refractivity contribution is 0.195. The van der Waals surface area contributed by atoms with Crippen molar-refractivity contribution < 1.29 is 9.50 Å². The summed E-state index contributed by atoms with van der Waals surface area (Å²) in [4.78, 5) is 0.535. The van der Waals surface area contributed by atoms with Crippen LogP contribution in [0.15, 0.2) is 23.1 Å². The molecule has 0 saturated heterocycles. The maximum atomic E-state index is 13.1. The summed E-state index contributed by atoms with van der Waals surface area (Å²) < 4.78 is 13.1. The summed E-state index contributed by atoms with van der Waals surface area (Å²) >= 11 is 1.32. The third kappa shape index (κ3) is 1.79. The molecule has 1 rings (SSSR count). The monoisotopic (exact) mass is 186 g/mol. The SMILES string of the molecule is CSc1c(F)cccc1[C@H](C)O. The second kappa shape index (κ2) is 3.92. The highest BCUT2D eigenvalue weighted by molar-refractivity contribution is 7.98. The number of rotatable bonds is 2. The fourth-order valence-corrected chi connectivity index (χ4v) is 1.81. The van der Waals surface area contributed by atoms with Crippen molar-refractivity contribution in [1.29, 1.82) is 0 Å². The molecule has 0 heterocycles. The van der Waals surface area contributed by atoms with E-state index < -0.39 is 6.10 Å². The van der Waals surface area contributed by atoms with Gasteiger partial charge in [-0.1, -0.05) is 12.1 Å². The summed E-state index contributed by atoms with van der Waals surface area (Å²) in [5.41, 5.74) is 0.655. The Morgan fingerprint density at radius 1 is 1.50 bits per heavy atom. The maximum Gasteiger partial charge on any atom is 0.137 e. The first-order chi connectivity index (χ1) is 5.66. The van der Waals surface area contributed by atoms with E-state index in [0.29, 0.717) is 10.5 Å². The van der Waals surface area contributed by atoms with Crippen molar-refractivity contribution in [3.05, 3.63) is 29.6 Å². The van der Waals surface area contributed by atoms with Crippen LogP contribution in [-0.4, -0.2) is 11.4 Å². The van der Waals surface area contributed by atoms with E-state index in [1.807, 2.05) is 0 Å². The molecule has 0 fully saturated rings. The summed E-state index contributed by atoms with van der Waals surface area (Å²) in [5.74, 6) is -0.263. The number of halogens is 1. The Labute approximate surface area is 75.6 Å². The lowest BCUT2D eigenvalue weighted by Crippen LogP contribution is -1.95. The fraction of sp³-hybridized carbons (Fsp3) is 0.333. The zero-order valence-corrected chi connectivity index (χ0v) is 7.86. The molecule has 12 heavy (non-hydrogen) atoms. The summed E-state index contributed by atoms with van der Waals surface area (Å²) in [6.07, 6.45) is 1.19. The molecule has 0 unspecified atom stereocenters. The molecular weight excluding hydrogens is 175 g/mol. The average molecular weight is 186 g/mol. The number of aliphatic hydroxyl groups is 1. The van der Waals surface area contributed by atoms with E-state index in [1.54, 1.807) is 25.3 Å². The number of hydrogen-bond acceptors (Lipinski definition) is 2. The van der Waals surface area contributed by atoms with Crippen molar-refractivity contribution >= 4 is 11.8 Å². The van der Waals surface area contributed by atoms with Crippen LogP contribution in [0, 0.1) is 5.82 Å². The summed E-state index contributed by atoms with van der Waals surface area (Å²) in [6.45, 7) is 1.63. The van der Waals surface area contributed by atoms with Gasteiger partial charge in [-0.05, 0) is 24.8 Å². The average Bonchev–Trinajstić information content (AvgIpc) is 2.03. The van der Waals surface area contributed by atoms with Gasteiger partial charge < -0.3 is 5.11 Å². The Hall–Kier alpha value is -0.540. The molecule has 1 aromatic rings. The van der Waals surface area contributed by atoms with E-state index in [4.69, 9.17) is 0 Å². The standard InChI is InChI=1S/C9H11FOS/c1-6(11)7-4-3-5-8(10)9(7)12-2/h3-6,11H,1-2H3/t6-/m0/s1. The van der Waals surface area contributed by atoms with E-state index in [1.165, 1.54) is 17.8 Å². The topological polar surface area (TPSA) is 20.2 Å². The quantitative estimate of drug-likeness (QED) is 0.716. The van der Waals surface area contributed by atoms with E-state index in [0.717, 1.165) is 0 Å². The molecule has 1 N–H and O–H groups in total. The Morgan fingerprint density at radius 3 is 2.58 bits per heavy atom. The first-order valence-electron chi connectivity index (χ1n) is 3.67. The van der Waals surface area contributed by atoms with Gasteiger partial charge in [-0.15, -0.1) is 11.8 Å².